The number of aliphatic carboxylic acids is 1. The third-order valence-electron chi connectivity index (χ3n) is 3.33. The Morgan fingerprint density at radius 2 is 2.00 bits per heavy atom. The second-order valence-corrected chi connectivity index (χ2v) is 4.84. The molecule has 19 heavy (non-hydrogen) atoms. The lowest BCUT2D eigenvalue weighted by molar-refractivity contribution is -0.136. The maximum Gasteiger partial charge on any atom is 0.303 e. The summed E-state index contributed by atoms with van der Waals surface area (Å²) in [5.41, 5.74) is 5.45. The van der Waals surface area contributed by atoms with Crippen molar-refractivity contribution in [3.8, 4) is 11.3 Å². The molecule has 0 spiro atoms. The molecule has 0 bridgehead atoms. The van der Waals surface area contributed by atoms with Gasteiger partial charge in [-0.25, -0.2) is 0 Å². The number of aryl methyl sites for hydroxylation is 4. The lowest BCUT2D eigenvalue weighted by Gasteiger charge is -2.05. The molecular weight excluding hydrogens is 240 g/mol. The van der Waals surface area contributed by atoms with Gasteiger partial charge in [0.15, 0.2) is 0 Å². The number of hydrogen-bond donors (Lipinski definition) is 1. The van der Waals surface area contributed by atoms with Crippen molar-refractivity contribution < 1.29 is 9.90 Å². The molecule has 100 valence electrons. The van der Waals surface area contributed by atoms with Gasteiger partial charge in [0, 0.05) is 19.0 Å². The Bertz CT molecular complexity index is 615. The van der Waals surface area contributed by atoms with E-state index in [0.717, 1.165) is 17.0 Å². The van der Waals surface area contributed by atoms with Gasteiger partial charge < -0.3 is 5.11 Å². The van der Waals surface area contributed by atoms with Crippen molar-refractivity contribution in [1.29, 1.82) is 0 Å². The Balaban J connectivity index is 2.29. The van der Waals surface area contributed by atoms with Gasteiger partial charge in [-0.05, 0) is 37.1 Å². The van der Waals surface area contributed by atoms with Gasteiger partial charge in [-0.1, -0.05) is 12.1 Å². The molecule has 0 fully saturated rings. The van der Waals surface area contributed by atoms with Crippen LogP contribution in [0.25, 0.3) is 11.3 Å². The monoisotopic (exact) mass is 258 g/mol. The van der Waals surface area contributed by atoms with Crippen molar-refractivity contribution in [2.24, 2.45) is 7.05 Å². The van der Waals surface area contributed by atoms with Crippen LogP contribution in [-0.4, -0.2) is 20.9 Å². The molecule has 1 N–H and O–H groups in total. The minimum Gasteiger partial charge on any atom is -0.481 e. The van der Waals surface area contributed by atoms with Crippen LogP contribution in [0.3, 0.4) is 0 Å². The van der Waals surface area contributed by atoms with E-state index in [2.05, 4.69) is 37.1 Å². The molecule has 2 aromatic rings. The van der Waals surface area contributed by atoms with Crippen LogP contribution in [-0.2, 0) is 18.3 Å². The minimum atomic E-state index is -0.793. The molecule has 4 heteroatoms. The molecule has 1 aromatic carbocycles. The molecule has 0 aliphatic carbocycles. The first-order valence-corrected chi connectivity index (χ1v) is 6.29. The van der Waals surface area contributed by atoms with E-state index < -0.39 is 5.97 Å². The summed E-state index contributed by atoms with van der Waals surface area (Å²) in [6, 6.07) is 8.26. The number of rotatable bonds is 4. The number of carboxylic acids is 1. The highest BCUT2D eigenvalue weighted by Crippen LogP contribution is 2.23. The van der Waals surface area contributed by atoms with E-state index >= 15 is 0 Å². The zero-order valence-electron chi connectivity index (χ0n) is 11.5. The van der Waals surface area contributed by atoms with E-state index in [9.17, 15) is 4.79 Å². The molecule has 0 unspecified atom stereocenters. The largest absolute Gasteiger partial charge is 0.481 e. The van der Waals surface area contributed by atoms with Crippen LogP contribution in [0.2, 0.25) is 0 Å². The van der Waals surface area contributed by atoms with E-state index in [1.807, 2.05) is 13.1 Å². The first kappa shape index (κ1) is 13.3. The Labute approximate surface area is 112 Å². The summed E-state index contributed by atoms with van der Waals surface area (Å²) in [4.78, 5) is 10.6. The zero-order chi connectivity index (χ0) is 14.0. The molecule has 1 heterocycles. The summed E-state index contributed by atoms with van der Waals surface area (Å²) in [6.07, 6.45) is 0.581. The van der Waals surface area contributed by atoms with Crippen LogP contribution in [0.4, 0.5) is 0 Å². The van der Waals surface area contributed by atoms with E-state index in [-0.39, 0.29) is 6.42 Å². The maximum atomic E-state index is 10.6. The molecule has 0 amide bonds. The summed E-state index contributed by atoms with van der Waals surface area (Å²) in [5.74, 6) is -0.793. The SMILES string of the molecule is Cc1ccc(-c2cc(CCC(=O)O)nn2C)cc1C. The number of carbonyl (C=O) groups is 1. The van der Waals surface area contributed by atoms with Crippen LogP contribution >= 0.6 is 0 Å². The van der Waals surface area contributed by atoms with Crippen molar-refractivity contribution >= 4 is 5.97 Å². The Kier molecular flexibility index (Phi) is 3.69. The summed E-state index contributed by atoms with van der Waals surface area (Å²) < 4.78 is 1.81. The number of nitrogens with zero attached hydrogens (tertiary/aromatic N) is 2. The lowest BCUT2D eigenvalue weighted by Crippen LogP contribution is -1.99. The van der Waals surface area contributed by atoms with Gasteiger partial charge in [0.25, 0.3) is 0 Å². The van der Waals surface area contributed by atoms with Gasteiger partial charge in [-0.15, -0.1) is 0 Å². The van der Waals surface area contributed by atoms with Crippen LogP contribution < -0.4 is 0 Å². The molecule has 4 nitrogen and oxygen atoms in total. The van der Waals surface area contributed by atoms with Crippen molar-refractivity contribution in [2.75, 3.05) is 0 Å². The van der Waals surface area contributed by atoms with E-state index in [1.165, 1.54) is 11.1 Å². The normalized spacial score (nSPS) is 10.7. The fraction of sp³-hybridized carbons (Fsp3) is 0.333. The Morgan fingerprint density at radius 1 is 1.26 bits per heavy atom. The standard InChI is InChI=1S/C15H18N2O2/c1-10-4-5-12(8-11(10)2)14-9-13(16-17(14)3)6-7-15(18)19/h4-5,8-9H,6-7H2,1-3H3,(H,18,19). The third kappa shape index (κ3) is 3.02. The van der Waals surface area contributed by atoms with Gasteiger partial charge in [-0.3, -0.25) is 9.48 Å². The predicted molar refractivity (Wildman–Crippen MR) is 74.1 cm³/mol. The summed E-state index contributed by atoms with van der Waals surface area (Å²) in [7, 11) is 1.88. The first-order chi connectivity index (χ1) is 8.97. The number of carboxylic acid groups (broad SMARTS) is 1. The van der Waals surface area contributed by atoms with Crippen LogP contribution in [0, 0.1) is 13.8 Å². The Morgan fingerprint density at radius 3 is 2.63 bits per heavy atom. The fourth-order valence-corrected chi connectivity index (χ4v) is 2.05. The predicted octanol–water partition coefficient (Wildman–Crippen LogP) is 2.72. The van der Waals surface area contributed by atoms with Crippen molar-refractivity contribution in [3.63, 3.8) is 0 Å². The van der Waals surface area contributed by atoms with Crippen molar-refractivity contribution in [3.05, 3.63) is 41.1 Å². The van der Waals surface area contributed by atoms with Gasteiger partial charge >= 0.3 is 5.97 Å². The highest BCUT2D eigenvalue weighted by Gasteiger charge is 2.09. The molecule has 1 aromatic heterocycles. The highest BCUT2D eigenvalue weighted by molar-refractivity contribution is 5.67. The smallest absolute Gasteiger partial charge is 0.303 e. The fourth-order valence-electron chi connectivity index (χ4n) is 2.05. The number of benzene rings is 1. The van der Waals surface area contributed by atoms with Crippen LogP contribution in [0.5, 0.6) is 0 Å². The lowest BCUT2D eigenvalue weighted by atomic mass is 10.0. The average Bonchev–Trinajstić information content (AvgIpc) is 2.72. The molecule has 0 saturated carbocycles. The van der Waals surface area contributed by atoms with Crippen LogP contribution in [0.1, 0.15) is 23.2 Å². The van der Waals surface area contributed by atoms with E-state index in [4.69, 9.17) is 5.11 Å². The van der Waals surface area contributed by atoms with E-state index in [0.29, 0.717) is 6.42 Å². The molecule has 2 rings (SSSR count). The molecule has 0 saturated heterocycles. The maximum absolute atomic E-state index is 10.6. The number of aromatic nitrogens is 2. The van der Waals surface area contributed by atoms with Gasteiger partial charge in [-0.2, -0.15) is 5.10 Å². The van der Waals surface area contributed by atoms with Gasteiger partial charge in [0.2, 0.25) is 0 Å². The minimum absolute atomic E-state index is 0.114. The second-order valence-electron chi connectivity index (χ2n) is 4.84. The summed E-state index contributed by atoms with van der Waals surface area (Å²) >= 11 is 0. The van der Waals surface area contributed by atoms with E-state index in [1.54, 1.807) is 4.68 Å². The summed E-state index contributed by atoms with van der Waals surface area (Å²) in [5, 5.41) is 13.1. The first-order valence-electron chi connectivity index (χ1n) is 6.29. The molecule has 0 radical (unpaired) electrons. The quantitative estimate of drug-likeness (QED) is 0.917. The number of hydrogen-bond acceptors (Lipinski definition) is 2. The highest BCUT2D eigenvalue weighted by atomic mass is 16.4. The topological polar surface area (TPSA) is 55.1 Å². The zero-order valence-corrected chi connectivity index (χ0v) is 11.5. The van der Waals surface area contributed by atoms with Gasteiger partial charge in [0.05, 0.1) is 17.8 Å². The molecule has 0 aliphatic heterocycles. The van der Waals surface area contributed by atoms with Crippen molar-refractivity contribution in [1.82, 2.24) is 9.78 Å². The molecule has 0 aliphatic rings. The van der Waals surface area contributed by atoms with Crippen LogP contribution in [0.15, 0.2) is 24.3 Å². The molecular formula is C15H18N2O2. The average molecular weight is 258 g/mol. The second kappa shape index (κ2) is 5.26. The van der Waals surface area contributed by atoms with Crippen molar-refractivity contribution in [2.45, 2.75) is 26.7 Å². The molecule has 0 atom stereocenters. The Hall–Kier alpha value is -2.10. The summed E-state index contributed by atoms with van der Waals surface area (Å²) in [6.45, 7) is 4.17. The third-order valence-corrected chi connectivity index (χ3v) is 3.33. The van der Waals surface area contributed by atoms with Gasteiger partial charge in [0.1, 0.15) is 0 Å².